The van der Waals surface area contributed by atoms with E-state index >= 15 is 0 Å². The number of carbonyl (C=O) groups is 2. The fourth-order valence-corrected chi connectivity index (χ4v) is 3.06. The number of nitrogens with one attached hydrogen (secondary N) is 1. The maximum absolute atomic E-state index is 12.7. The monoisotopic (exact) mass is 353 g/mol. The van der Waals surface area contributed by atoms with Crippen molar-refractivity contribution in [2.24, 2.45) is 0 Å². The Morgan fingerprint density at radius 2 is 1.88 bits per heavy atom. The number of hydrogen-bond acceptors (Lipinski definition) is 3. The van der Waals surface area contributed by atoms with Crippen molar-refractivity contribution in [1.82, 2.24) is 4.90 Å². The Hall–Kier alpha value is -3.02. The Balaban J connectivity index is 1.67. The van der Waals surface area contributed by atoms with E-state index in [9.17, 15) is 9.59 Å². The van der Waals surface area contributed by atoms with Crippen molar-refractivity contribution >= 4 is 23.3 Å². The predicted molar refractivity (Wildman–Crippen MR) is 102 cm³/mol. The number of urea groups is 1. The molecule has 0 aromatic heterocycles. The van der Waals surface area contributed by atoms with Crippen LogP contribution in [0.25, 0.3) is 0 Å². The van der Waals surface area contributed by atoms with Gasteiger partial charge in [-0.3, -0.25) is 9.69 Å². The molecule has 136 valence electrons. The van der Waals surface area contributed by atoms with Gasteiger partial charge >= 0.3 is 6.03 Å². The molecule has 6 heteroatoms. The van der Waals surface area contributed by atoms with Crippen LogP contribution in [0, 0.1) is 13.8 Å². The van der Waals surface area contributed by atoms with Gasteiger partial charge in [-0.25, -0.2) is 4.79 Å². The summed E-state index contributed by atoms with van der Waals surface area (Å²) in [7, 11) is 1.58. The topological polar surface area (TPSA) is 61.9 Å². The molecule has 3 amide bonds. The smallest absolute Gasteiger partial charge is 0.325 e. The Morgan fingerprint density at radius 1 is 1.12 bits per heavy atom. The zero-order valence-corrected chi connectivity index (χ0v) is 15.3. The largest absolute Gasteiger partial charge is 0.495 e. The van der Waals surface area contributed by atoms with Crippen LogP contribution in [0.3, 0.4) is 0 Å². The first-order valence-corrected chi connectivity index (χ1v) is 8.57. The molecule has 26 heavy (non-hydrogen) atoms. The van der Waals surface area contributed by atoms with Gasteiger partial charge in [0.05, 0.1) is 12.8 Å². The summed E-state index contributed by atoms with van der Waals surface area (Å²) in [4.78, 5) is 28.3. The third-order valence-corrected chi connectivity index (χ3v) is 4.68. The van der Waals surface area contributed by atoms with E-state index in [4.69, 9.17) is 4.74 Å². The van der Waals surface area contributed by atoms with E-state index in [1.807, 2.05) is 56.3 Å². The lowest BCUT2D eigenvalue weighted by Gasteiger charge is -2.20. The molecule has 1 saturated heterocycles. The summed E-state index contributed by atoms with van der Waals surface area (Å²) in [6.07, 6.45) is 0. The summed E-state index contributed by atoms with van der Waals surface area (Å²) in [6, 6.07) is 13.0. The molecule has 0 spiro atoms. The second kappa shape index (κ2) is 7.47. The van der Waals surface area contributed by atoms with Gasteiger partial charge in [0.25, 0.3) is 0 Å². The number of carbonyl (C=O) groups excluding carboxylic acids is 2. The molecule has 0 saturated carbocycles. The first-order chi connectivity index (χ1) is 12.5. The van der Waals surface area contributed by atoms with Crippen LogP contribution >= 0.6 is 0 Å². The van der Waals surface area contributed by atoms with Crippen LogP contribution in [0.5, 0.6) is 5.75 Å². The van der Waals surface area contributed by atoms with Crippen molar-refractivity contribution in [2.45, 2.75) is 13.8 Å². The van der Waals surface area contributed by atoms with Crippen LogP contribution in [-0.4, -0.2) is 43.6 Å². The third kappa shape index (κ3) is 3.49. The van der Waals surface area contributed by atoms with E-state index in [-0.39, 0.29) is 18.5 Å². The zero-order valence-electron chi connectivity index (χ0n) is 15.3. The molecule has 0 bridgehead atoms. The SMILES string of the molecule is COc1ccccc1N1CCN(CC(=O)Nc2cccc(C)c2C)C1=O. The van der Waals surface area contributed by atoms with Gasteiger partial charge in [-0.05, 0) is 43.2 Å². The second-order valence-electron chi connectivity index (χ2n) is 6.32. The summed E-state index contributed by atoms with van der Waals surface area (Å²) < 4.78 is 5.33. The average Bonchev–Trinajstić information content (AvgIpc) is 2.99. The molecular formula is C20H23N3O3. The number of rotatable bonds is 5. The highest BCUT2D eigenvalue weighted by Crippen LogP contribution is 2.30. The molecular weight excluding hydrogens is 330 g/mol. The Bertz CT molecular complexity index is 835. The summed E-state index contributed by atoms with van der Waals surface area (Å²) in [6.45, 7) is 5.01. The highest BCUT2D eigenvalue weighted by Gasteiger charge is 2.32. The minimum Gasteiger partial charge on any atom is -0.495 e. The molecule has 0 radical (unpaired) electrons. The molecule has 1 aliphatic rings. The number of benzene rings is 2. The third-order valence-electron chi connectivity index (χ3n) is 4.68. The molecule has 3 rings (SSSR count). The van der Waals surface area contributed by atoms with Crippen molar-refractivity contribution < 1.29 is 14.3 Å². The molecule has 0 unspecified atom stereocenters. The van der Waals surface area contributed by atoms with E-state index in [0.29, 0.717) is 18.8 Å². The van der Waals surface area contributed by atoms with E-state index < -0.39 is 0 Å². The molecule has 6 nitrogen and oxygen atoms in total. The maximum atomic E-state index is 12.7. The quantitative estimate of drug-likeness (QED) is 0.898. The van der Waals surface area contributed by atoms with Crippen molar-refractivity contribution in [3.63, 3.8) is 0 Å². The first-order valence-electron chi connectivity index (χ1n) is 8.57. The highest BCUT2D eigenvalue weighted by molar-refractivity contribution is 6.00. The lowest BCUT2D eigenvalue weighted by molar-refractivity contribution is -0.116. The van der Waals surface area contributed by atoms with E-state index in [2.05, 4.69) is 5.32 Å². The van der Waals surface area contributed by atoms with Crippen LogP contribution < -0.4 is 15.0 Å². The number of ether oxygens (including phenoxy) is 1. The predicted octanol–water partition coefficient (Wildman–Crippen LogP) is 3.19. The molecule has 2 aromatic rings. The lowest BCUT2D eigenvalue weighted by atomic mass is 10.1. The molecule has 1 heterocycles. The van der Waals surface area contributed by atoms with Gasteiger partial charge in [-0.15, -0.1) is 0 Å². The van der Waals surface area contributed by atoms with E-state index in [0.717, 1.165) is 22.5 Å². The van der Waals surface area contributed by atoms with E-state index in [1.54, 1.807) is 16.9 Å². The molecule has 0 aliphatic carbocycles. The standard InChI is InChI=1S/C20H23N3O3/c1-14-7-6-8-16(15(14)2)21-19(24)13-22-11-12-23(20(22)25)17-9-4-5-10-18(17)26-3/h4-10H,11-13H2,1-3H3,(H,21,24). The molecule has 1 aliphatic heterocycles. The minimum atomic E-state index is -0.200. The van der Waals surface area contributed by atoms with Crippen LogP contribution in [0.15, 0.2) is 42.5 Å². The van der Waals surface area contributed by atoms with Gasteiger partial charge in [0.2, 0.25) is 5.91 Å². The van der Waals surface area contributed by atoms with Crippen LogP contribution in [0.1, 0.15) is 11.1 Å². The number of anilines is 2. The Kier molecular flexibility index (Phi) is 5.11. The fourth-order valence-electron chi connectivity index (χ4n) is 3.06. The zero-order chi connectivity index (χ0) is 18.7. The lowest BCUT2D eigenvalue weighted by Crippen LogP contribution is -2.37. The van der Waals surface area contributed by atoms with Gasteiger partial charge < -0.3 is 15.0 Å². The van der Waals surface area contributed by atoms with Gasteiger partial charge in [-0.1, -0.05) is 24.3 Å². The second-order valence-corrected chi connectivity index (χ2v) is 6.32. The van der Waals surface area contributed by atoms with Gasteiger partial charge in [0.15, 0.2) is 0 Å². The van der Waals surface area contributed by atoms with Crippen LogP contribution in [0.2, 0.25) is 0 Å². The Labute approximate surface area is 153 Å². The first kappa shape index (κ1) is 17.8. The number of para-hydroxylation sites is 2. The average molecular weight is 353 g/mol. The number of nitrogens with zero attached hydrogens (tertiary/aromatic N) is 2. The maximum Gasteiger partial charge on any atom is 0.325 e. The summed E-state index contributed by atoms with van der Waals surface area (Å²) in [5.74, 6) is 0.441. The highest BCUT2D eigenvalue weighted by atomic mass is 16.5. The molecule has 0 atom stereocenters. The van der Waals surface area contributed by atoms with Crippen LogP contribution in [-0.2, 0) is 4.79 Å². The number of amides is 3. The van der Waals surface area contributed by atoms with E-state index in [1.165, 1.54) is 0 Å². The summed E-state index contributed by atoms with van der Waals surface area (Å²) in [5, 5.41) is 2.90. The number of methoxy groups -OCH3 is 1. The number of aryl methyl sites for hydroxylation is 1. The van der Waals surface area contributed by atoms with Crippen molar-refractivity contribution in [2.75, 3.05) is 37.0 Å². The van der Waals surface area contributed by atoms with Gasteiger partial charge in [0.1, 0.15) is 12.3 Å². The molecule has 1 fully saturated rings. The van der Waals surface area contributed by atoms with Crippen LogP contribution in [0.4, 0.5) is 16.2 Å². The van der Waals surface area contributed by atoms with Crippen molar-refractivity contribution in [3.8, 4) is 5.75 Å². The summed E-state index contributed by atoms with van der Waals surface area (Å²) >= 11 is 0. The fraction of sp³-hybridized carbons (Fsp3) is 0.300. The van der Waals surface area contributed by atoms with Crippen molar-refractivity contribution in [3.05, 3.63) is 53.6 Å². The minimum absolute atomic E-state index is 0.0257. The summed E-state index contributed by atoms with van der Waals surface area (Å²) in [5.41, 5.74) is 3.65. The van der Waals surface area contributed by atoms with Gasteiger partial charge in [-0.2, -0.15) is 0 Å². The number of hydrogen-bond donors (Lipinski definition) is 1. The normalized spacial score (nSPS) is 13.9. The van der Waals surface area contributed by atoms with Gasteiger partial charge in [0, 0.05) is 18.8 Å². The Morgan fingerprint density at radius 3 is 2.65 bits per heavy atom. The van der Waals surface area contributed by atoms with Crippen molar-refractivity contribution in [1.29, 1.82) is 0 Å². The molecule has 2 aromatic carbocycles. The molecule has 1 N–H and O–H groups in total.